The van der Waals surface area contributed by atoms with Crippen LogP contribution in [0.3, 0.4) is 0 Å². The summed E-state index contributed by atoms with van der Waals surface area (Å²) in [6, 6.07) is 0. The first kappa shape index (κ1) is 11.7. The number of hydrogen-bond acceptors (Lipinski definition) is 3. The molecule has 0 radical (unpaired) electrons. The fourth-order valence-electron chi connectivity index (χ4n) is 1.65. The SMILES string of the molecule is COC(=O)C1(N=[N+]=[N-])CCC(F)(F)CC1. The van der Waals surface area contributed by atoms with Crippen LogP contribution in [0.5, 0.6) is 0 Å². The monoisotopic (exact) mass is 219 g/mol. The summed E-state index contributed by atoms with van der Waals surface area (Å²) in [7, 11) is 1.14. The standard InChI is InChI=1S/C8H11F2N3O2/c1-15-6(14)7(12-13-11)2-4-8(9,10)5-3-7/h2-5H2,1H3. The summed E-state index contributed by atoms with van der Waals surface area (Å²) in [5.74, 6) is -3.52. The van der Waals surface area contributed by atoms with Gasteiger partial charge < -0.3 is 4.74 Å². The molecule has 7 heteroatoms. The van der Waals surface area contributed by atoms with Gasteiger partial charge in [-0.3, -0.25) is 4.79 Å². The van der Waals surface area contributed by atoms with Crippen LogP contribution in [-0.4, -0.2) is 24.5 Å². The number of ether oxygens (including phenoxy) is 1. The Morgan fingerprint density at radius 1 is 1.40 bits per heavy atom. The number of methoxy groups -OCH3 is 1. The lowest BCUT2D eigenvalue weighted by molar-refractivity contribution is -0.151. The van der Waals surface area contributed by atoms with Gasteiger partial charge in [-0.25, -0.2) is 8.78 Å². The van der Waals surface area contributed by atoms with Crippen LogP contribution >= 0.6 is 0 Å². The molecule has 0 saturated heterocycles. The maximum atomic E-state index is 12.9. The fraction of sp³-hybridized carbons (Fsp3) is 0.875. The van der Waals surface area contributed by atoms with Crippen LogP contribution in [0.4, 0.5) is 8.78 Å². The molecule has 0 bridgehead atoms. The summed E-state index contributed by atoms with van der Waals surface area (Å²) in [6.07, 6.45) is -1.25. The van der Waals surface area contributed by atoms with Crippen molar-refractivity contribution in [3.05, 3.63) is 10.4 Å². The van der Waals surface area contributed by atoms with E-state index in [9.17, 15) is 13.6 Å². The molecule has 0 unspecified atom stereocenters. The molecule has 0 heterocycles. The Labute approximate surface area is 85.0 Å². The molecule has 1 aliphatic carbocycles. The Morgan fingerprint density at radius 3 is 2.33 bits per heavy atom. The van der Waals surface area contributed by atoms with Gasteiger partial charge in [-0.1, -0.05) is 5.11 Å². The molecule has 0 amide bonds. The van der Waals surface area contributed by atoms with Gasteiger partial charge in [-0.15, -0.1) is 0 Å². The third kappa shape index (κ3) is 2.36. The number of azide groups is 1. The normalized spacial score (nSPS) is 22.6. The van der Waals surface area contributed by atoms with E-state index in [2.05, 4.69) is 14.8 Å². The minimum Gasteiger partial charge on any atom is -0.468 e. The predicted octanol–water partition coefficient (Wildman–Crippen LogP) is 2.42. The highest BCUT2D eigenvalue weighted by Gasteiger charge is 2.48. The number of carbonyl (C=O) groups is 1. The van der Waals surface area contributed by atoms with Gasteiger partial charge in [0.1, 0.15) is 5.54 Å². The highest BCUT2D eigenvalue weighted by molar-refractivity contribution is 5.81. The highest BCUT2D eigenvalue weighted by Crippen LogP contribution is 2.41. The molecule has 15 heavy (non-hydrogen) atoms. The minimum absolute atomic E-state index is 0.170. The molecule has 1 saturated carbocycles. The number of esters is 1. The second-order valence-corrected chi connectivity index (χ2v) is 3.57. The Morgan fingerprint density at radius 2 is 1.93 bits per heavy atom. The molecule has 0 aromatic heterocycles. The van der Waals surface area contributed by atoms with E-state index < -0.39 is 30.3 Å². The van der Waals surface area contributed by atoms with Crippen molar-refractivity contribution in [2.24, 2.45) is 5.11 Å². The van der Waals surface area contributed by atoms with Crippen molar-refractivity contribution in [1.29, 1.82) is 0 Å². The van der Waals surface area contributed by atoms with Crippen molar-refractivity contribution in [2.75, 3.05) is 7.11 Å². The van der Waals surface area contributed by atoms with Crippen molar-refractivity contribution >= 4 is 5.97 Å². The molecule has 5 nitrogen and oxygen atoms in total. The van der Waals surface area contributed by atoms with E-state index in [0.29, 0.717) is 0 Å². The number of carbonyl (C=O) groups excluding carboxylic acids is 1. The molecule has 0 atom stereocenters. The average molecular weight is 219 g/mol. The summed E-state index contributed by atoms with van der Waals surface area (Å²) in [5, 5.41) is 3.32. The van der Waals surface area contributed by atoms with Crippen LogP contribution in [0, 0.1) is 0 Å². The molecule has 0 aliphatic heterocycles. The van der Waals surface area contributed by atoms with Crippen LogP contribution in [0.25, 0.3) is 10.4 Å². The molecule has 1 aliphatic rings. The van der Waals surface area contributed by atoms with E-state index in [-0.39, 0.29) is 12.8 Å². The maximum Gasteiger partial charge on any atom is 0.317 e. The van der Waals surface area contributed by atoms with E-state index in [0.717, 1.165) is 7.11 Å². The topological polar surface area (TPSA) is 75.1 Å². The van der Waals surface area contributed by atoms with E-state index in [1.807, 2.05) is 0 Å². The fourth-order valence-corrected chi connectivity index (χ4v) is 1.65. The van der Waals surface area contributed by atoms with Crippen molar-refractivity contribution in [1.82, 2.24) is 0 Å². The van der Waals surface area contributed by atoms with Gasteiger partial charge in [-0.2, -0.15) is 0 Å². The Kier molecular flexibility index (Phi) is 3.14. The van der Waals surface area contributed by atoms with Gasteiger partial charge in [0.25, 0.3) is 0 Å². The van der Waals surface area contributed by atoms with Crippen LogP contribution < -0.4 is 0 Å². The van der Waals surface area contributed by atoms with Gasteiger partial charge in [-0.05, 0) is 18.4 Å². The first-order valence-corrected chi connectivity index (χ1v) is 4.48. The van der Waals surface area contributed by atoms with Crippen molar-refractivity contribution in [2.45, 2.75) is 37.1 Å². The second kappa shape index (κ2) is 4.02. The number of rotatable bonds is 2. The molecular formula is C8H11F2N3O2. The molecule has 1 rings (SSSR count). The minimum atomic E-state index is -2.78. The zero-order valence-corrected chi connectivity index (χ0v) is 8.24. The van der Waals surface area contributed by atoms with Crippen molar-refractivity contribution in [3.63, 3.8) is 0 Å². The second-order valence-electron chi connectivity index (χ2n) is 3.57. The Balaban J connectivity index is 2.87. The van der Waals surface area contributed by atoms with Crippen LogP contribution in [-0.2, 0) is 9.53 Å². The zero-order valence-electron chi connectivity index (χ0n) is 8.24. The predicted molar refractivity (Wildman–Crippen MR) is 47.3 cm³/mol. The zero-order chi connectivity index (χ0) is 11.5. The van der Waals surface area contributed by atoms with Crippen molar-refractivity contribution < 1.29 is 18.3 Å². The Hall–Kier alpha value is -1.36. The van der Waals surface area contributed by atoms with Gasteiger partial charge in [0.2, 0.25) is 5.92 Å². The van der Waals surface area contributed by atoms with Crippen LogP contribution in [0.15, 0.2) is 5.11 Å². The Bertz CT molecular complexity index is 303. The number of halogens is 2. The van der Waals surface area contributed by atoms with E-state index >= 15 is 0 Å². The molecule has 0 aromatic carbocycles. The largest absolute Gasteiger partial charge is 0.468 e. The van der Waals surface area contributed by atoms with E-state index in [4.69, 9.17) is 5.53 Å². The quantitative estimate of drug-likeness (QED) is 0.309. The molecule has 0 aromatic rings. The molecule has 0 spiro atoms. The summed E-state index contributed by atoms with van der Waals surface area (Å²) in [6.45, 7) is 0. The summed E-state index contributed by atoms with van der Waals surface area (Å²) in [4.78, 5) is 13.9. The first-order chi connectivity index (χ1) is 6.96. The third-order valence-electron chi connectivity index (χ3n) is 2.61. The average Bonchev–Trinajstić information content (AvgIpc) is 2.21. The lowest BCUT2D eigenvalue weighted by Crippen LogP contribution is -2.44. The maximum absolute atomic E-state index is 12.9. The van der Waals surface area contributed by atoms with Gasteiger partial charge in [0, 0.05) is 17.8 Å². The van der Waals surface area contributed by atoms with E-state index in [1.165, 1.54) is 0 Å². The lowest BCUT2D eigenvalue weighted by Gasteiger charge is -2.33. The van der Waals surface area contributed by atoms with E-state index in [1.54, 1.807) is 0 Å². The van der Waals surface area contributed by atoms with Gasteiger partial charge in [0.05, 0.1) is 7.11 Å². The summed E-state index contributed by atoms with van der Waals surface area (Å²) < 4.78 is 30.2. The first-order valence-electron chi connectivity index (χ1n) is 4.48. The molecule has 0 N–H and O–H groups in total. The molecule has 84 valence electrons. The molecule has 1 fully saturated rings. The summed E-state index contributed by atoms with van der Waals surface area (Å²) in [5.41, 5.74) is 6.88. The van der Waals surface area contributed by atoms with Crippen LogP contribution in [0.2, 0.25) is 0 Å². The van der Waals surface area contributed by atoms with Gasteiger partial charge in [0.15, 0.2) is 0 Å². The third-order valence-corrected chi connectivity index (χ3v) is 2.61. The molecular weight excluding hydrogens is 208 g/mol. The highest BCUT2D eigenvalue weighted by atomic mass is 19.3. The number of alkyl halides is 2. The lowest BCUT2D eigenvalue weighted by atomic mass is 9.80. The number of nitrogens with zero attached hydrogens (tertiary/aromatic N) is 3. The van der Waals surface area contributed by atoms with Gasteiger partial charge >= 0.3 is 5.97 Å². The number of hydrogen-bond donors (Lipinski definition) is 0. The van der Waals surface area contributed by atoms with Crippen molar-refractivity contribution in [3.8, 4) is 0 Å². The van der Waals surface area contributed by atoms with Crippen LogP contribution in [0.1, 0.15) is 25.7 Å². The summed E-state index contributed by atoms with van der Waals surface area (Å²) >= 11 is 0. The smallest absolute Gasteiger partial charge is 0.317 e.